The molecule has 2 aromatic rings. The third kappa shape index (κ3) is 4.44. The zero-order valence-electron chi connectivity index (χ0n) is 18.5. The Morgan fingerprint density at radius 2 is 1.94 bits per heavy atom. The number of phenolic OH excluding ortho intramolecular Hbond substituents is 1. The van der Waals surface area contributed by atoms with Crippen molar-refractivity contribution in [2.24, 2.45) is 5.92 Å². The molecule has 33 heavy (non-hydrogen) atoms. The zero-order valence-corrected chi connectivity index (χ0v) is 18.5. The van der Waals surface area contributed by atoms with Gasteiger partial charge in [0.15, 0.2) is 11.9 Å². The number of aliphatic hydroxyl groups excluding tert-OH is 2. The van der Waals surface area contributed by atoms with E-state index in [2.05, 4.69) is 10.6 Å². The second kappa shape index (κ2) is 9.64. The van der Waals surface area contributed by atoms with Crippen molar-refractivity contribution < 1.29 is 24.9 Å². The van der Waals surface area contributed by atoms with Crippen molar-refractivity contribution >= 4 is 17.4 Å². The van der Waals surface area contributed by atoms with E-state index in [1.165, 1.54) is 6.07 Å². The topological polar surface area (TPSA) is 122 Å². The molecule has 1 unspecified atom stereocenters. The highest BCUT2D eigenvalue weighted by molar-refractivity contribution is 6.09. The fourth-order valence-electron chi connectivity index (χ4n) is 4.32. The summed E-state index contributed by atoms with van der Waals surface area (Å²) in [6, 6.07) is 14.3. The highest BCUT2D eigenvalue weighted by Crippen LogP contribution is 2.34. The number of nitrogens with zero attached hydrogens (tertiary/aromatic N) is 1. The molecule has 2 aromatic carbocycles. The molecular formula is C25H29N3O5. The Bertz CT molecular complexity index is 1070. The molecule has 0 aromatic heterocycles. The Morgan fingerprint density at radius 3 is 2.61 bits per heavy atom. The van der Waals surface area contributed by atoms with Crippen LogP contribution in [0.4, 0.5) is 5.69 Å². The molecule has 0 saturated carbocycles. The van der Waals surface area contributed by atoms with E-state index in [0.717, 1.165) is 18.4 Å². The Labute approximate surface area is 192 Å². The third-order valence-electron chi connectivity index (χ3n) is 6.33. The lowest BCUT2D eigenvalue weighted by atomic mass is 9.92. The van der Waals surface area contributed by atoms with Crippen molar-refractivity contribution in [3.8, 4) is 5.75 Å². The number of phenols is 1. The van der Waals surface area contributed by atoms with Crippen molar-refractivity contribution in [2.75, 3.05) is 25.0 Å². The first-order valence-corrected chi connectivity index (χ1v) is 11.2. The van der Waals surface area contributed by atoms with E-state index in [-0.39, 0.29) is 52.9 Å². The highest BCUT2D eigenvalue weighted by atomic mass is 16.3. The first-order valence-electron chi connectivity index (χ1n) is 11.2. The van der Waals surface area contributed by atoms with E-state index in [1.807, 2.05) is 37.3 Å². The predicted molar refractivity (Wildman–Crippen MR) is 123 cm³/mol. The van der Waals surface area contributed by atoms with E-state index in [4.69, 9.17) is 0 Å². The van der Waals surface area contributed by atoms with Gasteiger partial charge in [-0.05, 0) is 30.5 Å². The van der Waals surface area contributed by atoms with Gasteiger partial charge in [0.25, 0.3) is 5.91 Å². The van der Waals surface area contributed by atoms with Crippen LogP contribution in [0.2, 0.25) is 0 Å². The van der Waals surface area contributed by atoms with Gasteiger partial charge in [0.2, 0.25) is 5.78 Å². The first kappa shape index (κ1) is 22.8. The molecule has 1 amide bonds. The van der Waals surface area contributed by atoms with Gasteiger partial charge in [-0.3, -0.25) is 9.59 Å². The fraction of sp³-hybridized carbons (Fsp3) is 0.360. The molecule has 0 spiro atoms. The molecule has 174 valence electrons. The average Bonchev–Trinajstić information content (AvgIpc) is 3.34. The molecule has 1 heterocycles. The number of para-hydroxylation sites is 1. The molecule has 1 aliphatic heterocycles. The summed E-state index contributed by atoms with van der Waals surface area (Å²) >= 11 is 0. The van der Waals surface area contributed by atoms with Gasteiger partial charge in [-0.25, -0.2) is 0 Å². The van der Waals surface area contributed by atoms with Crippen LogP contribution >= 0.6 is 0 Å². The number of nitrogens with one attached hydrogen (secondary N) is 2. The van der Waals surface area contributed by atoms with Crippen molar-refractivity contribution in [3.63, 3.8) is 0 Å². The second-order valence-electron chi connectivity index (χ2n) is 8.49. The summed E-state index contributed by atoms with van der Waals surface area (Å²) < 4.78 is 0. The second-order valence-corrected chi connectivity index (χ2v) is 8.49. The minimum atomic E-state index is -1.33. The van der Waals surface area contributed by atoms with Gasteiger partial charge in [0, 0.05) is 25.6 Å². The van der Waals surface area contributed by atoms with Gasteiger partial charge >= 0.3 is 0 Å². The van der Waals surface area contributed by atoms with Crippen LogP contribution in [0.5, 0.6) is 5.75 Å². The number of aromatic hydroxyl groups is 1. The summed E-state index contributed by atoms with van der Waals surface area (Å²) in [4.78, 5) is 26.9. The van der Waals surface area contributed by atoms with Gasteiger partial charge in [-0.2, -0.15) is 0 Å². The largest absolute Gasteiger partial charge is 0.505 e. The number of carbonyl (C=O) groups excluding carboxylic acids is 2. The molecule has 8 heteroatoms. The molecular weight excluding hydrogens is 422 g/mol. The first-order chi connectivity index (χ1) is 15.9. The fourth-order valence-corrected chi connectivity index (χ4v) is 4.32. The van der Waals surface area contributed by atoms with Crippen LogP contribution in [-0.4, -0.2) is 57.7 Å². The van der Waals surface area contributed by atoms with E-state index in [0.29, 0.717) is 13.1 Å². The molecule has 0 bridgehead atoms. The Kier molecular flexibility index (Phi) is 6.67. The summed E-state index contributed by atoms with van der Waals surface area (Å²) in [7, 11) is 0. The predicted octanol–water partition coefficient (Wildman–Crippen LogP) is 2.15. The minimum Gasteiger partial charge on any atom is -0.505 e. The summed E-state index contributed by atoms with van der Waals surface area (Å²) in [5, 5.41) is 36.5. The molecule has 0 radical (unpaired) electrons. The van der Waals surface area contributed by atoms with Crippen LogP contribution in [0.3, 0.4) is 0 Å². The van der Waals surface area contributed by atoms with Crippen LogP contribution in [0, 0.1) is 5.92 Å². The molecule has 5 N–H and O–H groups in total. The number of rotatable bonds is 8. The number of hydrogen-bond donors (Lipinski definition) is 5. The lowest BCUT2D eigenvalue weighted by Crippen LogP contribution is -2.46. The third-order valence-corrected chi connectivity index (χ3v) is 6.33. The van der Waals surface area contributed by atoms with Gasteiger partial charge in [0.05, 0.1) is 23.0 Å². The summed E-state index contributed by atoms with van der Waals surface area (Å²) in [5.74, 6) is -0.947. The number of anilines is 1. The number of carbonyl (C=O) groups is 2. The maximum absolute atomic E-state index is 12.9. The summed E-state index contributed by atoms with van der Waals surface area (Å²) in [6.07, 6.45) is 0.116. The van der Waals surface area contributed by atoms with Gasteiger partial charge in [-0.1, -0.05) is 43.3 Å². The maximum atomic E-state index is 12.9. The number of likely N-dealkylation sites (tertiary alicyclic amines) is 1. The van der Waals surface area contributed by atoms with Gasteiger partial charge in [-0.15, -0.1) is 0 Å². The smallest absolute Gasteiger partial charge is 0.257 e. The highest BCUT2D eigenvalue weighted by Gasteiger charge is 2.40. The number of benzene rings is 2. The maximum Gasteiger partial charge on any atom is 0.257 e. The molecule has 1 aliphatic carbocycles. The average molecular weight is 452 g/mol. The zero-order chi connectivity index (χ0) is 23.5. The summed E-state index contributed by atoms with van der Waals surface area (Å²) in [5.41, 5.74) is 1.90. The van der Waals surface area contributed by atoms with Crippen molar-refractivity contribution in [1.29, 1.82) is 0 Å². The van der Waals surface area contributed by atoms with Gasteiger partial charge < -0.3 is 30.9 Å². The number of hydrogen-bond acceptors (Lipinski definition) is 7. The monoisotopic (exact) mass is 451 g/mol. The van der Waals surface area contributed by atoms with Crippen LogP contribution in [0.15, 0.2) is 59.9 Å². The van der Waals surface area contributed by atoms with E-state index in [1.54, 1.807) is 17.0 Å². The molecule has 8 nitrogen and oxygen atoms in total. The SMILES string of the molecule is CC[C@@H](NC1=C(Nc2cccc(C(=O)N3CC[C@H](CO)C3)c2O)C(O)C1=O)c1ccccc1. The van der Waals surface area contributed by atoms with E-state index in [9.17, 15) is 24.9 Å². The van der Waals surface area contributed by atoms with Crippen molar-refractivity contribution in [3.05, 3.63) is 71.1 Å². The normalized spacial score (nSPS) is 21.1. The van der Waals surface area contributed by atoms with E-state index >= 15 is 0 Å². The van der Waals surface area contributed by atoms with Gasteiger partial charge in [0.1, 0.15) is 5.70 Å². The van der Waals surface area contributed by atoms with Crippen LogP contribution in [0.1, 0.15) is 41.7 Å². The van der Waals surface area contributed by atoms with Crippen LogP contribution < -0.4 is 10.6 Å². The molecule has 3 atom stereocenters. The molecule has 4 rings (SSSR count). The van der Waals surface area contributed by atoms with Crippen LogP contribution in [-0.2, 0) is 4.79 Å². The number of ketones is 1. The molecule has 2 aliphatic rings. The minimum absolute atomic E-state index is 0.0228. The standard InChI is InChI=1S/C25H29N3O5/c1-2-18(16-7-4-3-5-8-16)26-20-21(24(32)23(20)31)27-19-10-6-9-17(22(19)30)25(33)28-12-11-15(13-28)14-29/h3-10,15,18,24,26-27,29-30,32H,2,11-14H2,1H3/t15-,18+,24?/m0/s1. The quantitative estimate of drug-likeness (QED) is 0.390. The number of Topliss-reactive ketones (excluding diaryl/α,β-unsaturated/α-hetero) is 1. The molecule has 1 fully saturated rings. The van der Waals surface area contributed by atoms with Crippen molar-refractivity contribution in [1.82, 2.24) is 10.2 Å². The Morgan fingerprint density at radius 1 is 1.18 bits per heavy atom. The lowest BCUT2D eigenvalue weighted by Gasteiger charge is -2.32. The van der Waals surface area contributed by atoms with Crippen LogP contribution in [0.25, 0.3) is 0 Å². The summed E-state index contributed by atoms with van der Waals surface area (Å²) in [6.45, 7) is 2.98. The number of aliphatic hydroxyl groups is 2. The lowest BCUT2D eigenvalue weighted by molar-refractivity contribution is -0.125. The van der Waals surface area contributed by atoms with Crippen molar-refractivity contribution in [2.45, 2.75) is 31.9 Å². The van der Waals surface area contributed by atoms with E-state index < -0.39 is 11.9 Å². The number of amides is 1. The Balaban J connectivity index is 1.56. The Hall–Kier alpha value is -3.36. The molecule has 1 saturated heterocycles.